The molecule has 0 aromatic heterocycles. The number of rotatable bonds is 3. The Kier molecular flexibility index (Phi) is 6.74. The van der Waals surface area contributed by atoms with Gasteiger partial charge < -0.3 is 4.74 Å². The number of benzene rings is 1. The number of allylic oxidation sites excluding steroid dienone is 4. The van der Waals surface area contributed by atoms with E-state index in [2.05, 4.69) is 57.2 Å². The Bertz CT molecular complexity index is 511. The summed E-state index contributed by atoms with van der Waals surface area (Å²) in [5.41, 5.74) is 4.10. The Labute approximate surface area is 130 Å². The fourth-order valence-corrected chi connectivity index (χ4v) is 2.75. The topological polar surface area (TPSA) is 9.23 Å². The van der Waals surface area contributed by atoms with E-state index in [9.17, 15) is 0 Å². The van der Waals surface area contributed by atoms with Gasteiger partial charge in [-0.1, -0.05) is 50.3 Å². The quantitative estimate of drug-likeness (QED) is 0.615. The highest BCUT2D eigenvalue weighted by Gasteiger charge is 2.16. The van der Waals surface area contributed by atoms with Crippen LogP contribution in [0.5, 0.6) is 5.75 Å². The predicted molar refractivity (Wildman–Crippen MR) is 93.1 cm³/mol. The first-order valence-corrected chi connectivity index (χ1v) is 7.68. The monoisotopic (exact) mass is 286 g/mol. The maximum absolute atomic E-state index is 5.74. The average molecular weight is 286 g/mol. The Morgan fingerprint density at radius 2 is 2.00 bits per heavy atom. The molecule has 1 aliphatic rings. The Balaban J connectivity index is 0.00000220. The van der Waals surface area contributed by atoms with Gasteiger partial charge in [-0.3, -0.25) is 0 Å². The second-order valence-electron chi connectivity index (χ2n) is 5.81. The van der Waals surface area contributed by atoms with Gasteiger partial charge in [-0.15, -0.1) is 0 Å². The van der Waals surface area contributed by atoms with Crippen molar-refractivity contribution in [1.82, 2.24) is 0 Å². The second kappa shape index (κ2) is 8.07. The van der Waals surface area contributed by atoms with Crippen molar-refractivity contribution in [2.24, 2.45) is 5.92 Å². The Morgan fingerprint density at radius 3 is 2.71 bits per heavy atom. The van der Waals surface area contributed by atoms with Gasteiger partial charge in [0.25, 0.3) is 0 Å². The van der Waals surface area contributed by atoms with Crippen LogP contribution in [0.3, 0.4) is 0 Å². The van der Waals surface area contributed by atoms with Crippen molar-refractivity contribution >= 4 is 0 Å². The molecule has 0 N–H and O–H groups in total. The van der Waals surface area contributed by atoms with Crippen molar-refractivity contribution in [2.75, 3.05) is 6.61 Å². The molecule has 0 aliphatic heterocycles. The van der Waals surface area contributed by atoms with Gasteiger partial charge in [-0.05, 0) is 56.7 Å². The maximum Gasteiger partial charge on any atom is 0.122 e. The third kappa shape index (κ3) is 4.49. The molecule has 0 bridgehead atoms. The summed E-state index contributed by atoms with van der Waals surface area (Å²) in [5.74, 6) is 2.16. The van der Waals surface area contributed by atoms with E-state index in [0.717, 1.165) is 18.8 Å². The Hall–Kier alpha value is -1.50. The molecule has 0 saturated carbocycles. The van der Waals surface area contributed by atoms with Crippen LogP contribution in [-0.2, 0) is 0 Å². The van der Waals surface area contributed by atoms with Crippen LogP contribution in [-0.4, -0.2) is 6.61 Å². The molecule has 1 aliphatic carbocycles. The van der Waals surface area contributed by atoms with Crippen LogP contribution in [0.4, 0.5) is 0 Å². The molecule has 0 spiro atoms. The zero-order valence-corrected chi connectivity index (χ0v) is 13.1. The lowest BCUT2D eigenvalue weighted by atomic mass is 9.84. The molecule has 0 radical (unpaired) electrons. The van der Waals surface area contributed by atoms with Crippen molar-refractivity contribution in [3.8, 4) is 5.75 Å². The zero-order chi connectivity index (χ0) is 14.5. The first kappa shape index (κ1) is 17.6. The lowest BCUT2D eigenvalue weighted by Gasteiger charge is -2.22. The van der Waals surface area contributed by atoms with E-state index in [1.807, 2.05) is 6.92 Å². The van der Waals surface area contributed by atoms with E-state index >= 15 is 0 Å². The SMILES string of the molecule is C.CCOc1cc(C2/C=C/C/C=C(/C)C(C)C2)ccc1C. The van der Waals surface area contributed by atoms with Crippen molar-refractivity contribution in [2.45, 2.75) is 53.9 Å². The minimum absolute atomic E-state index is 0. The Morgan fingerprint density at radius 1 is 1.24 bits per heavy atom. The fraction of sp³-hybridized carbons (Fsp3) is 0.500. The molecule has 0 saturated heterocycles. The van der Waals surface area contributed by atoms with E-state index in [0.29, 0.717) is 11.8 Å². The molecule has 2 unspecified atom stereocenters. The van der Waals surface area contributed by atoms with Crippen LogP contribution < -0.4 is 4.74 Å². The van der Waals surface area contributed by atoms with Gasteiger partial charge in [-0.2, -0.15) is 0 Å². The summed E-state index contributed by atoms with van der Waals surface area (Å²) in [6.45, 7) is 9.46. The molecule has 1 nitrogen and oxygen atoms in total. The van der Waals surface area contributed by atoms with Crippen molar-refractivity contribution < 1.29 is 4.74 Å². The summed E-state index contributed by atoms with van der Waals surface area (Å²) < 4.78 is 5.74. The third-order valence-corrected chi connectivity index (χ3v) is 4.27. The number of ether oxygens (including phenoxy) is 1. The summed E-state index contributed by atoms with van der Waals surface area (Å²) in [5, 5.41) is 0. The van der Waals surface area contributed by atoms with Crippen LogP contribution >= 0.6 is 0 Å². The molecule has 116 valence electrons. The van der Waals surface area contributed by atoms with E-state index in [1.54, 1.807) is 0 Å². The maximum atomic E-state index is 5.74. The third-order valence-electron chi connectivity index (χ3n) is 4.27. The van der Waals surface area contributed by atoms with Crippen LogP contribution in [0, 0.1) is 12.8 Å². The lowest BCUT2D eigenvalue weighted by molar-refractivity contribution is 0.337. The number of hydrogen-bond acceptors (Lipinski definition) is 1. The van der Waals surface area contributed by atoms with Crippen molar-refractivity contribution in [3.05, 3.63) is 53.1 Å². The van der Waals surface area contributed by atoms with Gasteiger partial charge >= 0.3 is 0 Å². The van der Waals surface area contributed by atoms with Crippen LogP contribution in [0.15, 0.2) is 42.0 Å². The summed E-state index contributed by atoms with van der Waals surface area (Å²) >= 11 is 0. The van der Waals surface area contributed by atoms with E-state index in [-0.39, 0.29) is 7.43 Å². The highest BCUT2D eigenvalue weighted by molar-refractivity contribution is 5.39. The highest BCUT2D eigenvalue weighted by atomic mass is 16.5. The van der Waals surface area contributed by atoms with E-state index in [1.165, 1.54) is 23.1 Å². The van der Waals surface area contributed by atoms with Gasteiger partial charge in [0, 0.05) is 5.92 Å². The minimum atomic E-state index is 0. The summed E-state index contributed by atoms with van der Waals surface area (Å²) in [6.07, 6.45) is 9.22. The first-order valence-electron chi connectivity index (χ1n) is 7.68. The van der Waals surface area contributed by atoms with Gasteiger partial charge in [0.2, 0.25) is 0 Å². The number of hydrogen-bond donors (Lipinski definition) is 0. The summed E-state index contributed by atoms with van der Waals surface area (Å²) in [7, 11) is 0. The van der Waals surface area contributed by atoms with Crippen molar-refractivity contribution in [1.29, 1.82) is 0 Å². The molecule has 0 fully saturated rings. The molecule has 1 aromatic carbocycles. The molecule has 0 heterocycles. The van der Waals surface area contributed by atoms with Crippen LogP contribution in [0.1, 0.15) is 58.1 Å². The summed E-state index contributed by atoms with van der Waals surface area (Å²) in [4.78, 5) is 0. The van der Waals surface area contributed by atoms with Gasteiger partial charge in [0.15, 0.2) is 0 Å². The molecule has 1 aromatic rings. The zero-order valence-electron chi connectivity index (χ0n) is 13.1. The minimum Gasteiger partial charge on any atom is -0.494 e. The highest BCUT2D eigenvalue weighted by Crippen LogP contribution is 2.33. The molecule has 1 heteroatoms. The second-order valence-corrected chi connectivity index (χ2v) is 5.81. The van der Waals surface area contributed by atoms with Gasteiger partial charge in [0.1, 0.15) is 5.75 Å². The smallest absolute Gasteiger partial charge is 0.122 e. The predicted octanol–water partition coefficient (Wildman–Crippen LogP) is 6.05. The largest absolute Gasteiger partial charge is 0.494 e. The number of aryl methyl sites for hydroxylation is 1. The van der Waals surface area contributed by atoms with Gasteiger partial charge in [0.05, 0.1) is 6.61 Å². The van der Waals surface area contributed by atoms with Crippen LogP contribution in [0.2, 0.25) is 0 Å². The van der Waals surface area contributed by atoms with Gasteiger partial charge in [-0.25, -0.2) is 0 Å². The lowest BCUT2D eigenvalue weighted by Crippen LogP contribution is -2.07. The van der Waals surface area contributed by atoms with E-state index < -0.39 is 0 Å². The van der Waals surface area contributed by atoms with Crippen molar-refractivity contribution in [3.63, 3.8) is 0 Å². The standard InChI is InChI=1S/C19H26O.CH4/c1-5-20-19-13-18(11-10-15(19)3)17-9-7-6-8-14(2)16(4)12-17;/h7-11,13,16-17H,5-6,12H2,1-4H3;1H4/b9-7+,14-8-;. The molecular formula is C20H30O. The van der Waals surface area contributed by atoms with E-state index in [4.69, 9.17) is 4.74 Å². The molecule has 21 heavy (non-hydrogen) atoms. The van der Waals surface area contributed by atoms with Crippen LogP contribution in [0.25, 0.3) is 0 Å². The normalized spacial score (nSPS) is 25.8. The summed E-state index contributed by atoms with van der Waals surface area (Å²) in [6, 6.07) is 6.65. The average Bonchev–Trinajstić information content (AvgIpc) is 2.42. The molecule has 0 amide bonds. The molecular weight excluding hydrogens is 256 g/mol. The molecule has 2 atom stereocenters. The fourth-order valence-electron chi connectivity index (χ4n) is 2.75. The first-order chi connectivity index (χ1) is 9.61. The molecule has 2 rings (SSSR count).